The predicted octanol–water partition coefficient (Wildman–Crippen LogP) is 6.21. The molecule has 0 fully saturated rings. The van der Waals surface area contributed by atoms with Crippen molar-refractivity contribution in [1.82, 2.24) is 10.8 Å². The van der Waals surface area contributed by atoms with Gasteiger partial charge in [-0.15, -0.1) is 11.8 Å². The molecule has 2 unspecified atom stereocenters. The number of hydrogen-bond donors (Lipinski definition) is 4. The fourth-order valence-corrected chi connectivity index (χ4v) is 9.21. The number of nitrogens with one attached hydrogen (secondary N) is 2. The van der Waals surface area contributed by atoms with Crippen LogP contribution in [0.25, 0.3) is 0 Å². The van der Waals surface area contributed by atoms with E-state index < -0.39 is 51.4 Å². The zero-order valence-electron chi connectivity index (χ0n) is 30.1. The number of rotatable bonds is 18. The zero-order chi connectivity index (χ0) is 37.9. The number of unbranched alkanes of at least 4 members (excludes halogenated alkanes) is 2. The second kappa shape index (κ2) is 18.5. The van der Waals surface area contributed by atoms with Crippen LogP contribution >= 0.6 is 11.8 Å². The van der Waals surface area contributed by atoms with Crippen molar-refractivity contribution in [2.45, 2.75) is 80.5 Å². The lowest BCUT2D eigenvalue weighted by Gasteiger charge is -2.37. The van der Waals surface area contributed by atoms with E-state index in [2.05, 4.69) is 29.5 Å². The number of anilines is 2. The minimum Gasteiger partial charge on any atom is -0.508 e. The summed E-state index contributed by atoms with van der Waals surface area (Å²) in [6.45, 7) is 4.45. The van der Waals surface area contributed by atoms with Crippen LogP contribution in [0.5, 0.6) is 11.5 Å². The van der Waals surface area contributed by atoms with Gasteiger partial charge < -0.3 is 30.0 Å². The highest BCUT2D eigenvalue weighted by Gasteiger charge is 2.42. The monoisotopic (exact) mass is 755 g/mol. The molecule has 3 aromatic rings. The smallest absolute Gasteiger partial charge is 0.328 e. The van der Waals surface area contributed by atoms with Crippen LogP contribution in [0.3, 0.4) is 0 Å². The molecule has 0 aliphatic carbocycles. The van der Waals surface area contributed by atoms with Gasteiger partial charge in [0.15, 0.2) is 21.6 Å². The van der Waals surface area contributed by atoms with E-state index in [-0.39, 0.29) is 28.8 Å². The molecular formula is C38H49N3O9S2. The Labute approximate surface area is 310 Å². The number of carbonyl (C=O) groups is 3. The Morgan fingerprint density at radius 1 is 1.00 bits per heavy atom. The number of aliphatic carboxylic acids is 1. The van der Waals surface area contributed by atoms with Crippen LogP contribution in [0.1, 0.15) is 70.3 Å². The number of ether oxygens (including phenoxy) is 1. The van der Waals surface area contributed by atoms with Gasteiger partial charge in [0.25, 0.3) is 5.91 Å². The molecule has 4 rings (SSSR count). The third-order valence-corrected chi connectivity index (χ3v) is 12.0. The van der Waals surface area contributed by atoms with Crippen molar-refractivity contribution in [3.63, 3.8) is 0 Å². The molecule has 282 valence electrons. The van der Waals surface area contributed by atoms with E-state index in [0.717, 1.165) is 44.2 Å². The number of carboxylic acids is 1. The minimum absolute atomic E-state index is 0.0232. The first kappa shape index (κ1) is 40.5. The van der Waals surface area contributed by atoms with E-state index in [0.29, 0.717) is 22.7 Å². The number of phenolic OH excluding ortho intramolecular Hbond substituents is 1. The topological polar surface area (TPSA) is 172 Å². The van der Waals surface area contributed by atoms with Crippen LogP contribution in [0.2, 0.25) is 0 Å². The third-order valence-electron chi connectivity index (χ3n) is 9.27. The number of methoxy groups -OCH3 is 1. The molecule has 52 heavy (non-hydrogen) atoms. The van der Waals surface area contributed by atoms with Gasteiger partial charge in [0.2, 0.25) is 5.91 Å². The van der Waals surface area contributed by atoms with Gasteiger partial charge in [-0.3, -0.25) is 9.59 Å². The lowest BCUT2D eigenvalue weighted by atomic mass is 9.79. The first-order valence-corrected chi connectivity index (χ1v) is 20.3. The molecule has 1 aliphatic rings. The molecule has 2 amide bonds. The standard InChI is InChI=1S/C38H49N3O9S2/c1-5-7-18-38(19-8-6-2)24-41(27-12-10-9-11-13-27)31-21-33(51-4)32(22-34(31)52(47,48)25-38)50-40-35(43)20-29(26-14-16-28(42)17-15-26)36(44)39-30(23-49-3)37(45)46/h9-17,21-22,29-30,42H,5-8,18-20,23-25H2,1-4H3,(H,39,44)(H,40,43)(H,45,46). The molecule has 0 saturated heterocycles. The molecule has 1 heterocycles. The van der Waals surface area contributed by atoms with Crippen LogP contribution in [-0.2, 0) is 29.0 Å². The summed E-state index contributed by atoms with van der Waals surface area (Å²) in [7, 11) is -2.54. The Kier molecular flexibility index (Phi) is 14.4. The number of carboxylic acid groups (broad SMARTS) is 1. The number of carbonyl (C=O) groups excluding carboxylic acids is 2. The van der Waals surface area contributed by atoms with Gasteiger partial charge in [-0.05, 0) is 55.0 Å². The molecular weight excluding hydrogens is 707 g/mol. The zero-order valence-corrected chi connectivity index (χ0v) is 31.7. The number of nitrogens with zero attached hydrogens (tertiary/aromatic N) is 1. The van der Waals surface area contributed by atoms with E-state index in [1.165, 1.54) is 49.2 Å². The average molecular weight is 756 g/mol. The molecule has 0 aromatic heterocycles. The molecule has 0 spiro atoms. The Hall–Kier alpha value is -4.27. The second-order valence-corrected chi connectivity index (χ2v) is 16.0. The summed E-state index contributed by atoms with van der Waals surface area (Å²) in [6.07, 6.45) is 6.61. The van der Waals surface area contributed by atoms with Crippen molar-refractivity contribution in [3.8, 4) is 11.5 Å². The maximum absolute atomic E-state index is 14.4. The van der Waals surface area contributed by atoms with Gasteiger partial charge in [-0.2, -0.15) is 5.48 Å². The molecule has 4 N–H and O–H groups in total. The molecule has 3 aromatic carbocycles. The molecule has 0 bridgehead atoms. The molecule has 1 aliphatic heterocycles. The van der Waals surface area contributed by atoms with E-state index in [4.69, 9.17) is 9.57 Å². The normalized spacial score (nSPS) is 15.8. The number of thioether (sulfide) groups is 1. The molecule has 12 nitrogen and oxygen atoms in total. The van der Waals surface area contributed by atoms with Crippen LogP contribution in [0, 0.1) is 5.41 Å². The Morgan fingerprint density at radius 3 is 2.23 bits per heavy atom. The van der Waals surface area contributed by atoms with Crippen molar-refractivity contribution in [3.05, 3.63) is 72.3 Å². The molecule has 14 heteroatoms. The summed E-state index contributed by atoms with van der Waals surface area (Å²) < 4.78 is 33.7. The maximum Gasteiger partial charge on any atom is 0.328 e. The highest BCUT2D eigenvalue weighted by molar-refractivity contribution is 7.98. The largest absolute Gasteiger partial charge is 0.508 e. The van der Waals surface area contributed by atoms with Crippen LogP contribution in [-0.4, -0.2) is 74.7 Å². The number of hydroxylamine groups is 1. The average Bonchev–Trinajstić information content (AvgIpc) is 3.22. The van der Waals surface area contributed by atoms with E-state index in [1.807, 2.05) is 36.6 Å². The van der Waals surface area contributed by atoms with Gasteiger partial charge in [-0.25, -0.2) is 13.2 Å². The summed E-state index contributed by atoms with van der Waals surface area (Å²) in [5.74, 6) is -3.89. The quantitative estimate of drug-likeness (QED) is 0.0860. The highest BCUT2D eigenvalue weighted by Crippen LogP contribution is 2.47. The summed E-state index contributed by atoms with van der Waals surface area (Å²) in [5, 5.41) is 21.7. The highest BCUT2D eigenvalue weighted by atomic mass is 32.2. The van der Waals surface area contributed by atoms with Gasteiger partial charge in [0, 0.05) is 37.2 Å². The van der Waals surface area contributed by atoms with Crippen molar-refractivity contribution in [2.75, 3.05) is 37.2 Å². The van der Waals surface area contributed by atoms with Crippen molar-refractivity contribution in [2.24, 2.45) is 5.41 Å². The lowest BCUT2D eigenvalue weighted by Crippen LogP contribution is -2.46. The Morgan fingerprint density at radius 2 is 1.65 bits per heavy atom. The number of benzene rings is 3. The van der Waals surface area contributed by atoms with Crippen molar-refractivity contribution in [1.29, 1.82) is 0 Å². The summed E-state index contributed by atoms with van der Waals surface area (Å²) >= 11 is 1.33. The van der Waals surface area contributed by atoms with Crippen LogP contribution in [0.4, 0.5) is 11.4 Å². The van der Waals surface area contributed by atoms with Gasteiger partial charge in [0.05, 0.1) is 33.8 Å². The first-order chi connectivity index (χ1) is 24.9. The van der Waals surface area contributed by atoms with E-state index >= 15 is 0 Å². The van der Waals surface area contributed by atoms with E-state index in [1.54, 1.807) is 6.07 Å². The van der Waals surface area contributed by atoms with Gasteiger partial charge in [-0.1, -0.05) is 69.9 Å². The number of phenols is 1. The first-order valence-electron chi connectivity index (χ1n) is 17.4. The molecule has 2 atom stereocenters. The lowest BCUT2D eigenvalue weighted by molar-refractivity contribution is -0.143. The summed E-state index contributed by atoms with van der Waals surface area (Å²) in [4.78, 5) is 47.0. The molecule has 0 radical (unpaired) electrons. The van der Waals surface area contributed by atoms with Crippen molar-refractivity contribution >= 4 is 50.8 Å². The number of sulfone groups is 1. The number of fused-ring (bicyclic) bond motifs is 1. The Balaban J connectivity index is 1.68. The molecule has 0 saturated carbocycles. The third kappa shape index (κ3) is 10.2. The number of amides is 2. The SMILES string of the molecule is CCCCC1(CCCC)CN(c2ccccc2)c2cc(SC)c(ONC(=O)CC(C(=O)NC(COC)C(=O)O)c3ccc(O)cc3)cc2S(=O)(=O)C1. The van der Waals surface area contributed by atoms with Gasteiger partial charge >= 0.3 is 5.97 Å². The van der Waals surface area contributed by atoms with E-state index in [9.17, 15) is 33.0 Å². The number of aromatic hydroxyl groups is 1. The maximum atomic E-state index is 14.4. The van der Waals surface area contributed by atoms with Crippen molar-refractivity contribution < 1.29 is 42.6 Å². The predicted molar refractivity (Wildman–Crippen MR) is 201 cm³/mol. The second-order valence-electron chi connectivity index (χ2n) is 13.2. The Bertz CT molecular complexity index is 1780. The summed E-state index contributed by atoms with van der Waals surface area (Å²) in [5.41, 5.74) is 3.66. The fraction of sp³-hybridized carbons (Fsp3) is 0.447. The fourth-order valence-electron chi connectivity index (χ4n) is 6.57. The van der Waals surface area contributed by atoms with Gasteiger partial charge in [0.1, 0.15) is 5.75 Å². The minimum atomic E-state index is -3.84. The van der Waals surface area contributed by atoms with Crippen LogP contribution in [0.15, 0.2) is 76.5 Å². The number of para-hydroxylation sites is 1. The van der Waals surface area contributed by atoms with Crippen LogP contribution < -0.4 is 20.5 Å². The number of hydrogen-bond acceptors (Lipinski definition) is 10. The summed E-state index contributed by atoms with van der Waals surface area (Å²) in [6, 6.07) is 17.3.